The molecule has 0 atom stereocenters. The van der Waals surface area contributed by atoms with E-state index in [9.17, 15) is 0 Å². The summed E-state index contributed by atoms with van der Waals surface area (Å²) >= 11 is 0. The molecule has 55 heavy (non-hydrogen) atoms. The maximum absolute atomic E-state index is 6.13. The van der Waals surface area contributed by atoms with E-state index in [1.165, 1.54) is 0 Å². The highest BCUT2D eigenvalue weighted by molar-refractivity contribution is 5.81. The van der Waals surface area contributed by atoms with Crippen molar-refractivity contribution in [3.63, 3.8) is 0 Å². The predicted octanol–water partition coefficient (Wildman–Crippen LogP) is 13.5. The molecule has 6 nitrogen and oxygen atoms in total. The van der Waals surface area contributed by atoms with Crippen LogP contribution in [0, 0.1) is 0 Å². The monoisotopic (exact) mass is 716 g/mol. The van der Waals surface area contributed by atoms with Gasteiger partial charge in [0.05, 0.1) is 0 Å². The van der Waals surface area contributed by atoms with Gasteiger partial charge in [-0.1, -0.05) is 60.7 Å². The molecule has 268 valence electrons. The number of hydrogen-bond acceptors (Lipinski definition) is 6. The Labute approximate surface area is 322 Å². The minimum Gasteiger partial charge on any atom is -0.457 e. The minimum atomic E-state index is 0.704. The van der Waals surface area contributed by atoms with Crippen LogP contribution in [0.25, 0.3) is 11.1 Å². The maximum atomic E-state index is 6.13. The number of anilines is 8. The average molecular weight is 717 g/mol. The molecule has 0 spiro atoms. The zero-order valence-electron chi connectivity index (χ0n) is 30.4. The van der Waals surface area contributed by atoms with Crippen LogP contribution < -0.4 is 30.3 Å². The second kappa shape index (κ2) is 16.1. The lowest BCUT2D eigenvalue weighted by Crippen LogP contribution is -2.10. The Balaban J connectivity index is 1.02. The fourth-order valence-corrected chi connectivity index (χ4v) is 6.48. The highest BCUT2D eigenvalue weighted by atomic mass is 16.5. The van der Waals surface area contributed by atoms with Gasteiger partial charge in [-0.15, -0.1) is 0 Å². The Morgan fingerprint density at radius 3 is 0.982 bits per heavy atom. The SMILES string of the molecule is CNc1ccc(Oc2ccc(N(c3ccccc3)c3ccc(-c4ccc(N(c5ccccc5)c5ccc(Oc6ccc(N)cc6)cc5)cc4)cc3)cc2)cc1. The van der Waals surface area contributed by atoms with Gasteiger partial charge in [0.2, 0.25) is 0 Å². The zero-order chi connectivity index (χ0) is 37.4. The standard InChI is InChI=1S/C49H40N4O2/c1-51-39-18-30-47(31-19-39)55-49-34-26-45(27-35-49)53(41-10-6-3-7-11-41)43-22-14-37(15-23-43)36-12-20-42(21-13-36)52(40-8-4-2-5-9-40)44-24-32-48(33-25-44)54-46-28-16-38(50)17-29-46/h2-35,51H,50H2,1H3. The lowest BCUT2D eigenvalue weighted by molar-refractivity contribution is 0.482. The van der Waals surface area contributed by atoms with E-state index < -0.39 is 0 Å². The summed E-state index contributed by atoms with van der Waals surface area (Å²) in [7, 11) is 1.90. The molecule has 0 aliphatic rings. The number of nitrogens with zero attached hydrogens (tertiary/aromatic N) is 2. The normalized spacial score (nSPS) is 10.7. The van der Waals surface area contributed by atoms with Gasteiger partial charge in [-0.05, 0) is 157 Å². The molecule has 0 saturated carbocycles. The smallest absolute Gasteiger partial charge is 0.127 e. The molecule has 6 heteroatoms. The van der Waals surface area contributed by atoms with Crippen LogP contribution >= 0.6 is 0 Å². The van der Waals surface area contributed by atoms with Crippen molar-refractivity contribution in [2.75, 3.05) is 27.9 Å². The molecule has 0 radical (unpaired) electrons. The van der Waals surface area contributed by atoms with Crippen molar-refractivity contribution in [3.8, 4) is 34.1 Å². The number of nitrogens with two attached hydrogens (primary N) is 1. The molecular formula is C49H40N4O2. The summed E-state index contributed by atoms with van der Waals surface area (Å²) < 4.78 is 12.2. The van der Waals surface area contributed by atoms with E-state index in [-0.39, 0.29) is 0 Å². The second-order valence-corrected chi connectivity index (χ2v) is 13.0. The molecule has 8 rings (SSSR count). The molecule has 0 fully saturated rings. The molecular weight excluding hydrogens is 677 g/mol. The zero-order valence-corrected chi connectivity index (χ0v) is 30.4. The van der Waals surface area contributed by atoms with E-state index in [1.54, 1.807) is 0 Å². The summed E-state index contributed by atoms with van der Waals surface area (Å²) in [6.45, 7) is 0. The molecule has 0 amide bonds. The summed E-state index contributed by atoms with van der Waals surface area (Å²) in [6.07, 6.45) is 0. The number of nitrogens with one attached hydrogen (secondary N) is 1. The number of rotatable bonds is 12. The van der Waals surface area contributed by atoms with Crippen LogP contribution in [0.15, 0.2) is 206 Å². The van der Waals surface area contributed by atoms with Crippen LogP contribution in [0.2, 0.25) is 0 Å². The predicted molar refractivity (Wildman–Crippen MR) is 228 cm³/mol. The van der Waals surface area contributed by atoms with Crippen molar-refractivity contribution >= 4 is 45.5 Å². The first-order valence-corrected chi connectivity index (χ1v) is 18.2. The van der Waals surface area contributed by atoms with Gasteiger partial charge < -0.3 is 30.3 Å². The van der Waals surface area contributed by atoms with E-state index >= 15 is 0 Å². The molecule has 0 aliphatic heterocycles. The van der Waals surface area contributed by atoms with E-state index in [4.69, 9.17) is 15.2 Å². The summed E-state index contributed by atoms with van der Waals surface area (Å²) in [5.41, 5.74) is 16.2. The molecule has 0 aliphatic carbocycles. The van der Waals surface area contributed by atoms with Crippen molar-refractivity contribution in [1.29, 1.82) is 0 Å². The van der Waals surface area contributed by atoms with Gasteiger partial charge in [-0.25, -0.2) is 0 Å². The molecule has 3 N–H and O–H groups in total. The van der Waals surface area contributed by atoms with Crippen molar-refractivity contribution < 1.29 is 9.47 Å². The van der Waals surface area contributed by atoms with Gasteiger partial charge in [0.1, 0.15) is 23.0 Å². The second-order valence-electron chi connectivity index (χ2n) is 13.0. The Hall–Kier alpha value is -7.44. The van der Waals surface area contributed by atoms with Crippen LogP contribution in [0.3, 0.4) is 0 Å². The Kier molecular flexibility index (Phi) is 10.1. The number of para-hydroxylation sites is 2. The van der Waals surface area contributed by atoms with E-state index in [0.29, 0.717) is 5.69 Å². The van der Waals surface area contributed by atoms with Crippen molar-refractivity contribution in [1.82, 2.24) is 0 Å². The maximum Gasteiger partial charge on any atom is 0.127 e. The largest absolute Gasteiger partial charge is 0.457 e. The van der Waals surface area contributed by atoms with E-state index in [0.717, 1.165) is 73.9 Å². The quantitative estimate of drug-likeness (QED) is 0.123. The van der Waals surface area contributed by atoms with Crippen molar-refractivity contribution in [2.24, 2.45) is 0 Å². The lowest BCUT2D eigenvalue weighted by atomic mass is 10.0. The van der Waals surface area contributed by atoms with Crippen LogP contribution in [-0.2, 0) is 0 Å². The Morgan fingerprint density at radius 2 is 0.636 bits per heavy atom. The lowest BCUT2D eigenvalue weighted by Gasteiger charge is -2.26. The Morgan fingerprint density at radius 1 is 0.345 bits per heavy atom. The summed E-state index contributed by atoms with van der Waals surface area (Å²) in [5, 5.41) is 3.14. The number of ether oxygens (including phenoxy) is 2. The third-order valence-corrected chi connectivity index (χ3v) is 9.30. The summed E-state index contributed by atoms with van der Waals surface area (Å²) in [4.78, 5) is 4.50. The third kappa shape index (κ3) is 8.14. The average Bonchev–Trinajstić information content (AvgIpc) is 3.25. The third-order valence-electron chi connectivity index (χ3n) is 9.30. The fourth-order valence-electron chi connectivity index (χ4n) is 6.48. The van der Waals surface area contributed by atoms with E-state index in [1.807, 2.05) is 92.0 Å². The van der Waals surface area contributed by atoms with Gasteiger partial charge in [0.25, 0.3) is 0 Å². The number of benzene rings is 8. The summed E-state index contributed by atoms with van der Waals surface area (Å²) in [6, 6.07) is 69.9. The number of nitrogen functional groups attached to an aromatic ring is 1. The van der Waals surface area contributed by atoms with Gasteiger partial charge in [-0.3, -0.25) is 0 Å². The molecule has 8 aromatic carbocycles. The van der Waals surface area contributed by atoms with Gasteiger partial charge >= 0.3 is 0 Å². The van der Waals surface area contributed by atoms with Gasteiger partial charge in [0, 0.05) is 52.5 Å². The highest BCUT2D eigenvalue weighted by Gasteiger charge is 2.15. The first-order valence-electron chi connectivity index (χ1n) is 18.2. The molecule has 0 aromatic heterocycles. The fraction of sp³-hybridized carbons (Fsp3) is 0.0204. The first-order chi connectivity index (χ1) is 27.1. The minimum absolute atomic E-state index is 0.704. The van der Waals surface area contributed by atoms with Crippen molar-refractivity contribution in [3.05, 3.63) is 206 Å². The van der Waals surface area contributed by atoms with Crippen LogP contribution in [0.1, 0.15) is 0 Å². The number of hydrogen-bond donors (Lipinski definition) is 2. The summed E-state index contributed by atoms with van der Waals surface area (Å²) in [5.74, 6) is 3.06. The van der Waals surface area contributed by atoms with E-state index in [2.05, 4.69) is 136 Å². The highest BCUT2D eigenvalue weighted by Crippen LogP contribution is 2.39. The first kappa shape index (κ1) is 34.6. The van der Waals surface area contributed by atoms with Gasteiger partial charge in [-0.2, -0.15) is 0 Å². The Bertz CT molecular complexity index is 2420. The van der Waals surface area contributed by atoms with Crippen LogP contribution in [0.4, 0.5) is 45.5 Å². The molecule has 0 bridgehead atoms. The van der Waals surface area contributed by atoms with Crippen LogP contribution in [-0.4, -0.2) is 7.05 Å². The molecule has 8 aromatic rings. The molecule has 0 unspecified atom stereocenters. The van der Waals surface area contributed by atoms with Crippen LogP contribution in [0.5, 0.6) is 23.0 Å². The molecule has 0 saturated heterocycles. The topological polar surface area (TPSA) is 63.0 Å². The van der Waals surface area contributed by atoms with Crippen molar-refractivity contribution in [2.45, 2.75) is 0 Å². The van der Waals surface area contributed by atoms with Gasteiger partial charge in [0.15, 0.2) is 0 Å². The molecule has 0 heterocycles.